The van der Waals surface area contributed by atoms with Gasteiger partial charge in [-0.25, -0.2) is 5.43 Å². The van der Waals surface area contributed by atoms with Gasteiger partial charge in [0.2, 0.25) is 0 Å². The molecule has 0 saturated heterocycles. The highest BCUT2D eigenvalue weighted by atomic mass is 16.2. The molecule has 114 valence electrons. The van der Waals surface area contributed by atoms with Gasteiger partial charge < -0.3 is 4.98 Å². The van der Waals surface area contributed by atoms with Gasteiger partial charge in [0.25, 0.3) is 5.91 Å². The number of H-pyrrole nitrogens is 1. The topological polar surface area (TPSA) is 57.2 Å². The average molecular weight is 295 g/mol. The third kappa shape index (κ3) is 2.96. The molecule has 0 saturated carbocycles. The van der Waals surface area contributed by atoms with Gasteiger partial charge >= 0.3 is 0 Å². The summed E-state index contributed by atoms with van der Waals surface area (Å²) in [6, 6.07) is 7.75. The van der Waals surface area contributed by atoms with Gasteiger partial charge in [-0.1, -0.05) is 37.6 Å². The Morgan fingerprint density at radius 1 is 1.27 bits per heavy atom. The van der Waals surface area contributed by atoms with E-state index in [-0.39, 0.29) is 11.3 Å². The van der Waals surface area contributed by atoms with Crippen LogP contribution in [0.3, 0.4) is 0 Å². The highest BCUT2D eigenvalue weighted by Crippen LogP contribution is 2.33. The lowest BCUT2D eigenvalue weighted by Gasteiger charge is -2.29. The summed E-state index contributed by atoms with van der Waals surface area (Å²) in [5.74, 6) is -0.181. The lowest BCUT2D eigenvalue weighted by Crippen LogP contribution is -2.25. The Hall–Kier alpha value is -2.36. The van der Waals surface area contributed by atoms with Crippen molar-refractivity contribution in [3.63, 3.8) is 0 Å². The zero-order valence-electron chi connectivity index (χ0n) is 13.2. The maximum absolute atomic E-state index is 12.3. The van der Waals surface area contributed by atoms with Crippen LogP contribution >= 0.6 is 0 Å². The Kier molecular flexibility index (Phi) is 3.61. The molecule has 0 radical (unpaired) electrons. The lowest BCUT2D eigenvalue weighted by molar-refractivity contribution is 0.0956. The van der Waals surface area contributed by atoms with Crippen LogP contribution in [0.4, 0.5) is 0 Å². The number of fused-ring (bicyclic) bond motifs is 1. The molecule has 1 aliphatic rings. The van der Waals surface area contributed by atoms with Gasteiger partial charge in [0, 0.05) is 17.1 Å². The van der Waals surface area contributed by atoms with Gasteiger partial charge in [-0.05, 0) is 37.3 Å². The van der Waals surface area contributed by atoms with E-state index in [1.807, 2.05) is 24.3 Å². The zero-order chi connectivity index (χ0) is 15.7. The molecular formula is C18H21N3O. The van der Waals surface area contributed by atoms with Crippen LogP contribution in [0.25, 0.3) is 10.9 Å². The van der Waals surface area contributed by atoms with E-state index in [2.05, 4.69) is 42.4 Å². The fourth-order valence-corrected chi connectivity index (χ4v) is 3.21. The number of aromatic amines is 1. The van der Waals surface area contributed by atoms with E-state index >= 15 is 0 Å². The molecule has 4 nitrogen and oxygen atoms in total. The Bertz CT molecular complexity index is 780. The van der Waals surface area contributed by atoms with Crippen molar-refractivity contribution < 1.29 is 4.79 Å². The molecule has 2 N–H and O–H groups in total. The van der Waals surface area contributed by atoms with Gasteiger partial charge in [0.15, 0.2) is 0 Å². The van der Waals surface area contributed by atoms with Gasteiger partial charge in [0.1, 0.15) is 0 Å². The first-order valence-electron chi connectivity index (χ1n) is 7.55. The van der Waals surface area contributed by atoms with Crippen molar-refractivity contribution >= 4 is 22.5 Å². The van der Waals surface area contributed by atoms with E-state index in [0.29, 0.717) is 5.56 Å². The van der Waals surface area contributed by atoms with E-state index in [4.69, 9.17) is 0 Å². The van der Waals surface area contributed by atoms with Crippen molar-refractivity contribution in [1.82, 2.24) is 10.4 Å². The Morgan fingerprint density at radius 3 is 2.82 bits per heavy atom. The summed E-state index contributed by atoms with van der Waals surface area (Å²) >= 11 is 0. The molecule has 0 fully saturated rings. The van der Waals surface area contributed by atoms with Crippen molar-refractivity contribution in [2.75, 3.05) is 0 Å². The number of hydrogen-bond donors (Lipinski definition) is 2. The summed E-state index contributed by atoms with van der Waals surface area (Å²) in [7, 11) is 0. The Balaban J connectivity index is 1.80. The number of rotatable bonds is 2. The second-order valence-corrected chi connectivity index (χ2v) is 6.80. The Morgan fingerprint density at radius 2 is 2.05 bits per heavy atom. The SMILES string of the molecule is CC1=C/C(=N\NC(=O)c2c[nH]c3ccccc23)CC(C)(C)C1. The minimum Gasteiger partial charge on any atom is -0.360 e. The molecule has 0 spiro atoms. The molecule has 2 aromatic rings. The fraction of sp³-hybridized carbons (Fsp3) is 0.333. The van der Waals surface area contributed by atoms with Crippen molar-refractivity contribution in [1.29, 1.82) is 0 Å². The predicted molar refractivity (Wildman–Crippen MR) is 90.0 cm³/mol. The number of carbonyl (C=O) groups is 1. The van der Waals surface area contributed by atoms with Gasteiger partial charge in [0.05, 0.1) is 11.3 Å². The molecule has 1 amide bonds. The number of nitrogens with one attached hydrogen (secondary N) is 2. The predicted octanol–water partition coefficient (Wildman–Crippen LogP) is 4.02. The summed E-state index contributed by atoms with van der Waals surface area (Å²) in [6.45, 7) is 6.55. The van der Waals surface area contributed by atoms with E-state index in [1.54, 1.807) is 6.20 Å². The number of benzene rings is 1. The quantitative estimate of drug-likeness (QED) is 0.808. The fourth-order valence-electron chi connectivity index (χ4n) is 3.21. The number of allylic oxidation sites excluding steroid dienone is 2. The minimum atomic E-state index is -0.181. The van der Waals surface area contributed by atoms with Crippen molar-refractivity contribution in [3.05, 3.63) is 47.7 Å². The molecule has 0 bridgehead atoms. The van der Waals surface area contributed by atoms with Crippen LogP contribution in [-0.4, -0.2) is 16.6 Å². The molecule has 0 atom stereocenters. The minimum absolute atomic E-state index is 0.181. The van der Waals surface area contributed by atoms with Crippen LogP contribution in [0.1, 0.15) is 44.0 Å². The molecule has 22 heavy (non-hydrogen) atoms. The molecule has 1 heterocycles. The second kappa shape index (κ2) is 5.44. The van der Waals surface area contributed by atoms with Crippen LogP contribution in [0.15, 0.2) is 47.2 Å². The van der Waals surface area contributed by atoms with Gasteiger partial charge in [-0.15, -0.1) is 0 Å². The summed E-state index contributed by atoms with van der Waals surface area (Å²) < 4.78 is 0. The first kappa shape index (κ1) is 14.6. The molecular weight excluding hydrogens is 274 g/mol. The van der Waals surface area contributed by atoms with Crippen molar-refractivity contribution in [3.8, 4) is 0 Å². The number of nitrogens with zero attached hydrogens (tertiary/aromatic N) is 1. The number of hydrazone groups is 1. The summed E-state index contributed by atoms with van der Waals surface area (Å²) in [6.07, 6.45) is 5.74. The number of aromatic nitrogens is 1. The molecule has 1 aromatic carbocycles. The number of hydrogen-bond acceptors (Lipinski definition) is 2. The third-order valence-electron chi connectivity index (χ3n) is 3.96. The standard InChI is InChI=1S/C18H21N3O/c1-12-8-13(10-18(2,3)9-12)20-21-17(22)15-11-19-16-7-5-4-6-14(15)16/h4-8,11,19H,9-10H2,1-3H3,(H,21,22)/b20-13+. The van der Waals surface area contributed by atoms with Crippen LogP contribution in [-0.2, 0) is 0 Å². The highest BCUT2D eigenvalue weighted by Gasteiger charge is 2.24. The van der Waals surface area contributed by atoms with E-state index in [0.717, 1.165) is 29.5 Å². The monoisotopic (exact) mass is 295 g/mol. The highest BCUT2D eigenvalue weighted by molar-refractivity contribution is 6.07. The first-order valence-corrected chi connectivity index (χ1v) is 7.55. The third-order valence-corrected chi connectivity index (χ3v) is 3.96. The van der Waals surface area contributed by atoms with Crippen LogP contribution < -0.4 is 5.43 Å². The second-order valence-electron chi connectivity index (χ2n) is 6.80. The molecule has 4 heteroatoms. The van der Waals surface area contributed by atoms with E-state index in [9.17, 15) is 4.79 Å². The molecule has 3 rings (SSSR count). The zero-order valence-corrected chi connectivity index (χ0v) is 13.2. The number of para-hydroxylation sites is 1. The van der Waals surface area contributed by atoms with Crippen LogP contribution in [0.2, 0.25) is 0 Å². The lowest BCUT2D eigenvalue weighted by atomic mass is 9.77. The van der Waals surface area contributed by atoms with Crippen molar-refractivity contribution in [2.24, 2.45) is 10.5 Å². The first-order chi connectivity index (χ1) is 10.4. The van der Waals surface area contributed by atoms with E-state index in [1.165, 1.54) is 5.57 Å². The van der Waals surface area contributed by atoms with E-state index < -0.39 is 0 Å². The Labute approximate surface area is 130 Å². The smallest absolute Gasteiger partial charge is 0.273 e. The maximum atomic E-state index is 12.3. The van der Waals surface area contributed by atoms with Gasteiger partial charge in [-0.3, -0.25) is 4.79 Å². The van der Waals surface area contributed by atoms with Crippen molar-refractivity contribution in [2.45, 2.75) is 33.6 Å². The summed E-state index contributed by atoms with van der Waals surface area (Å²) in [4.78, 5) is 15.5. The number of amides is 1. The molecule has 0 aliphatic heterocycles. The molecule has 1 aliphatic carbocycles. The summed E-state index contributed by atoms with van der Waals surface area (Å²) in [5, 5.41) is 5.23. The molecule has 0 unspecified atom stereocenters. The largest absolute Gasteiger partial charge is 0.360 e. The normalized spacial score (nSPS) is 19.2. The summed E-state index contributed by atoms with van der Waals surface area (Å²) in [5.41, 5.74) is 6.70. The maximum Gasteiger partial charge on any atom is 0.273 e. The van der Waals surface area contributed by atoms with Crippen LogP contribution in [0, 0.1) is 5.41 Å². The number of carbonyl (C=O) groups excluding carboxylic acids is 1. The van der Waals surface area contributed by atoms with Crippen LogP contribution in [0.5, 0.6) is 0 Å². The van der Waals surface area contributed by atoms with Gasteiger partial charge in [-0.2, -0.15) is 5.10 Å². The average Bonchev–Trinajstić information content (AvgIpc) is 2.86. The molecule has 1 aromatic heterocycles.